The molecule has 30 heavy (non-hydrogen) atoms. The Morgan fingerprint density at radius 1 is 1.03 bits per heavy atom. The van der Waals surface area contributed by atoms with E-state index in [2.05, 4.69) is 5.32 Å². The summed E-state index contributed by atoms with van der Waals surface area (Å²) in [6.07, 6.45) is 1.80. The molecule has 0 fully saturated rings. The number of nitrogens with zero attached hydrogens (tertiary/aromatic N) is 1. The van der Waals surface area contributed by atoms with Crippen molar-refractivity contribution in [3.63, 3.8) is 0 Å². The van der Waals surface area contributed by atoms with Crippen LogP contribution in [0.15, 0.2) is 36.4 Å². The number of amides is 2. The number of benzene rings is 2. The first-order chi connectivity index (χ1) is 14.2. The van der Waals surface area contributed by atoms with E-state index >= 15 is 0 Å². The van der Waals surface area contributed by atoms with Gasteiger partial charge in [0.05, 0.1) is 6.42 Å². The fourth-order valence-electron chi connectivity index (χ4n) is 2.91. The van der Waals surface area contributed by atoms with Crippen molar-refractivity contribution < 1.29 is 9.59 Å². The highest BCUT2D eigenvalue weighted by Gasteiger charge is 2.27. The smallest absolute Gasteiger partial charge is 0.242 e. The summed E-state index contributed by atoms with van der Waals surface area (Å²) in [5.41, 5.74) is 1.21. The molecular formula is C22H24Cl4N2O2. The van der Waals surface area contributed by atoms with E-state index in [0.29, 0.717) is 37.8 Å². The Labute approximate surface area is 197 Å². The van der Waals surface area contributed by atoms with Gasteiger partial charge in [0, 0.05) is 33.2 Å². The summed E-state index contributed by atoms with van der Waals surface area (Å²) in [5, 5.41) is 4.60. The molecule has 0 aromatic heterocycles. The first kappa shape index (κ1) is 24.8. The van der Waals surface area contributed by atoms with Gasteiger partial charge in [0.25, 0.3) is 0 Å². The first-order valence-electron chi connectivity index (χ1n) is 9.68. The summed E-state index contributed by atoms with van der Waals surface area (Å²) in [5.74, 6) is -0.513. The molecule has 2 amide bonds. The van der Waals surface area contributed by atoms with Crippen LogP contribution in [0.5, 0.6) is 0 Å². The summed E-state index contributed by atoms with van der Waals surface area (Å²) < 4.78 is 0. The number of hydrogen-bond acceptors (Lipinski definition) is 2. The second-order valence-electron chi connectivity index (χ2n) is 6.95. The number of rotatable bonds is 9. The van der Waals surface area contributed by atoms with Gasteiger partial charge in [-0.05, 0) is 48.7 Å². The second-order valence-corrected chi connectivity index (χ2v) is 8.61. The van der Waals surface area contributed by atoms with Gasteiger partial charge >= 0.3 is 0 Å². The van der Waals surface area contributed by atoms with Gasteiger partial charge in [0.1, 0.15) is 6.04 Å². The van der Waals surface area contributed by atoms with Gasteiger partial charge < -0.3 is 10.2 Å². The van der Waals surface area contributed by atoms with Crippen molar-refractivity contribution >= 4 is 58.2 Å². The Morgan fingerprint density at radius 3 is 2.30 bits per heavy atom. The fourth-order valence-corrected chi connectivity index (χ4v) is 3.91. The van der Waals surface area contributed by atoms with Crippen molar-refractivity contribution in [3.8, 4) is 0 Å². The van der Waals surface area contributed by atoms with Gasteiger partial charge in [0.2, 0.25) is 11.8 Å². The van der Waals surface area contributed by atoms with Crippen molar-refractivity contribution in [1.82, 2.24) is 10.2 Å². The van der Waals surface area contributed by atoms with Gasteiger partial charge in [-0.15, -0.1) is 0 Å². The Bertz CT molecular complexity index is 884. The molecule has 0 spiro atoms. The Morgan fingerprint density at radius 2 is 1.70 bits per heavy atom. The van der Waals surface area contributed by atoms with E-state index in [1.807, 2.05) is 6.92 Å². The highest BCUT2D eigenvalue weighted by Crippen LogP contribution is 2.27. The van der Waals surface area contributed by atoms with Crippen molar-refractivity contribution in [3.05, 3.63) is 67.6 Å². The molecule has 0 aliphatic rings. The quantitative estimate of drug-likeness (QED) is 0.427. The number of carbonyl (C=O) groups is 2. The van der Waals surface area contributed by atoms with Crippen molar-refractivity contribution in [2.24, 2.45) is 0 Å². The van der Waals surface area contributed by atoms with E-state index in [1.165, 1.54) is 4.90 Å². The van der Waals surface area contributed by atoms with Gasteiger partial charge in [-0.25, -0.2) is 0 Å². The lowest BCUT2D eigenvalue weighted by molar-refractivity contribution is -0.140. The summed E-state index contributed by atoms with van der Waals surface area (Å²) in [4.78, 5) is 27.4. The predicted octanol–water partition coefficient (Wildman–Crippen LogP) is 6.18. The zero-order valence-electron chi connectivity index (χ0n) is 16.9. The predicted molar refractivity (Wildman–Crippen MR) is 125 cm³/mol. The molecule has 0 aliphatic heterocycles. The molecule has 2 aromatic rings. The van der Waals surface area contributed by atoms with Crippen LogP contribution in [0.25, 0.3) is 0 Å². The van der Waals surface area contributed by atoms with Crippen LogP contribution in [0.1, 0.15) is 37.8 Å². The molecule has 162 valence electrons. The fraction of sp³-hybridized carbons (Fsp3) is 0.364. The normalized spacial score (nSPS) is 11.8. The highest BCUT2D eigenvalue weighted by atomic mass is 35.5. The maximum absolute atomic E-state index is 13.2. The summed E-state index contributed by atoms with van der Waals surface area (Å²) >= 11 is 24.8. The molecule has 4 nitrogen and oxygen atoms in total. The molecule has 2 aromatic carbocycles. The Balaban J connectivity index is 2.29. The van der Waals surface area contributed by atoms with E-state index in [0.717, 1.165) is 12.8 Å². The lowest BCUT2D eigenvalue weighted by Crippen LogP contribution is -2.48. The van der Waals surface area contributed by atoms with Gasteiger partial charge in [0.15, 0.2) is 0 Å². The zero-order chi connectivity index (χ0) is 22.3. The van der Waals surface area contributed by atoms with E-state index in [1.54, 1.807) is 43.3 Å². The maximum Gasteiger partial charge on any atom is 0.242 e. The monoisotopic (exact) mass is 488 g/mol. The molecule has 0 saturated heterocycles. The standard InChI is InChI=1S/C22H24Cl4N2O2/c1-3-4-10-27-22(30)14(2)28(13-15-8-9-16(23)11-20(15)26)21(29)12-17-18(24)6-5-7-19(17)25/h5-9,11,14H,3-4,10,12-13H2,1-2H3,(H,27,30). The molecule has 0 bridgehead atoms. The van der Waals surface area contributed by atoms with E-state index in [4.69, 9.17) is 46.4 Å². The van der Waals surface area contributed by atoms with Crippen LogP contribution in [0.4, 0.5) is 0 Å². The van der Waals surface area contributed by atoms with Crippen LogP contribution in [-0.4, -0.2) is 29.3 Å². The third kappa shape index (κ3) is 6.78. The third-order valence-corrected chi connectivity index (χ3v) is 6.04. The third-order valence-electron chi connectivity index (χ3n) is 4.74. The van der Waals surface area contributed by atoms with Gasteiger partial charge in [-0.2, -0.15) is 0 Å². The summed E-state index contributed by atoms with van der Waals surface area (Å²) in [6, 6.07) is 9.42. The molecule has 0 heterocycles. The van der Waals surface area contributed by atoms with Gasteiger partial charge in [-0.1, -0.05) is 71.9 Å². The van der Waals surface area contributed by atoms with Crippen LogP contribution in [0.3, 0.4) is 0 Å². The number of unbranched alkanes of at least 4 members (excludes halogenated alkanes) is 1. The molecular weight excluding hydrogens is 466 g/mol. The van der Waals surface area contributed by atoms with E-state index in [9.17, 15) is 9.59 Å². The Kier molecular flexibility index (Phi) is 9.76. The SMILES string of the molecule is CCCCNC(=O)C(C)N(Cc1ccc(Cl)cc1Cl)C(=O)Cc1c(Cl)cccc1Cl. The first-order valence-corrected chi connectivity index (χ1v) is 11.2. The van der Waals surface area contributed by atoms with Crippen molar-refractivity contribution in [2.45, 2.75) is 45.7 Å². The number of hydrogen-bond donors (Lipinski definition) is 1. The Hall–Kier alpha value is -1.46. The van der Waals surface area contributed by atoms with Crippen LogP contribution in [0, 0.1) is 0 Å². The lowest BCUT2D eigenvalue weighted by atomic mass is 10.1. The summed E-state index contributed by atoms with van der Waals surface area (Å²) in [6.45, 7) is 4.44. The van der Waals surface area contributed by atoms with Crippen LogP contribution in [0.2, 0.25) is 20.1 Å². The number of halogens is 4. The number of nitrogens with one attached hydrogen (secondary N) is 1. The van der Waals surface area contributed by atoms with Crippen LogP contribution < -0.4 is 5.32 Å². The summed E-state index contributed by atoms with van der Waals surface area (Å²) in [7, 11) is 0. The minimum atomic E-state index is -0.706. The van der Waals surface area contributed by atoms with Gasteiger partial charge in [-0.3, -0.25) is 9.59 Å². The lowest BCUT2D eigenvalue weighted by Gasteiger charge is -2.29. The van der Waals surface area contributed by atoms with Crippen LogP contribution in [-0.2, 0) is 22.6 Å². The van der Waals surface area contributed by atoms with E-state index in [-0.39, 0.29) is 24.8 Å². The van der Waals surface area contributed by atoms with Crippen LogP contribution >= 0.6 is 46.4 Å². The topological polar surface area (TPSA) is 49.4 Å². The van der Waals surface area contributed by atoms with Crippen molar-refractivity contribution in [1.29, 1.82) is 0 Å². The molecule has 0 saturated carbocycles. The molecule has 0 radical (unpaired) electrons. The molecule has 1 N–H and O–H groups in total. The second kappa shape index (κ2) is 11.8. The minimum Gasteiger partial charge on any atom is -0.354 e. The largest absolute Gasteiger partial charge is 0.354 e. The molecule has 1 atom stereocenters. The zero-order valence-corrected chi connectivity index (χ0v) is 19.9. The molecule has 1 unspecified atom stereocenters. The average Bonchev–Trinajstić information content (AvgIpc) is 2.69. The molecule has 2 rings (SSSR count). The average molecular weight is 490 g/mol. The number of carbonyl (C=O) groups excluding carboxylic acids is 2. The molecule has 0 aliphatic carbocycles. The molecule has 8 heteroatoms. The maximum atomic E-state index is 13.2. The van der Waals surface area contributed by atoms with Crippen molar-refractivity contribution in [2.75, 3.05) is 6.54 Å². The highest BCUT2D eigenvalue weighted by molar-refractivity contribution is 6.36. The minimum absolute atomic E-state index is 0.0315. The van der Waals surface area contributed by atoms with E-state index < -0.39 is 6.04 Å².